The zero-order valence-electron chi connectivity index (χ0n) is 10.8. The normalized spacial score (nSPS) is 31.6. The molecule has 0 radical (unpaired) electrons. The molecular formula is C15H18FNO2. The maximum Gasteiger partial charge on any atom is 0.407 e. The average Bonchev–Trinajstić information content (AvgIpc) is 3.05. The van der Waals surface area contributed by atoms with Gasteiger partial charge in [-0.2, -0.15) is 0 Å². The van der Waals surface area contributed by atoms with Gasteiger partial charge in [0.15, 0.2) is 0 Å². The highest BCUT2D eigenvalue weighted by molar-refractivity contribution is 5.67. The van der Waals surface area contributed by atoms with Crippen molar-refractivity contribution in [3.8, 4) is 0 Å². The number of carbonyl (C=O) groups excluding carboxylic acids is 1. The number of alkyl halides is 1. The van der Waals surface area contributed by atoms with Crippen LogP contribution in [0.15, 0.2) is 30.3 Å². The molecule has 0 heterocycles. The maximum atomic E-state index is 13.0. The quantitative estimate of drug-likeness (QED) is 0.906. The topological polar surface area (TPSA) is 38.3 Å². The second-order valence-electron chi connectivity index (χ2n) is 5.75. The summed E-state index contributed by atoms with van der Waals surface area (Å²) in [6.07, 6.45) is 1.56. The maximum absolute atomic E-state index is 13.0. The Hall–Kier alpha value is -1.58. The van der Waals surface area contributed by atoms with Gasteiger partial charge in [0.1, 0.15) is 12.8 Å². The molecule has 2 aliphatic rings. The minimum absolute atomic E-state index is 0.000288. The van der Waals surface area contributed by atoms with Crippen LogP contribution < -0.4 is 5.32 Å². The van der Waals surface area contributed by atoms with Gasteiger partial charge in [0.05, 0.1) is 0 Å². The van der Waals surface area contributed by atoms with Gasteiger partial charge in [0, 0.05) is 12.0 Å². The number of amides is 1. The first-order valence-electron chi connectivity index (χ1n) is 6.77. The summed E-state index contributed by atoms with van der Waals surface area (Å²) in [5, 5.41) is 2.75. The zero-order valence-corrected chi connectivity index (χ0v) is 10.8. The van der Waals surface area contributed by atoms with Gasteiger partial charge in [-0.25, -0.2) is 9.18 Å². The third-order valence-corrected chi connectivity index (χ3v) is 4.23. The van der Waals surface area contributed by atoms with Crippen LogP contribution in [0.4, 0.5) is 9.18 Å². The number of rotatable bonds is 4. The number of carbonyl (C=O) groups is 1. The number of alkyl carbamates (subject to hydrolysis) is 1. The molecular weight excluding hydrogens is 245 g/mol. The molecule has 3 rings (SSSR count). The molecule has 0 bridgehead atoms. The molecule has 1 unspecified atom stereocenters. The number of benzene rings is 1. The molecule has 1 aromatic rings. The van der Waals surface area contributed by atoms with Crippen molar-refractivity contribution >= 4 is 6.09 Å². The first-order valence-corrected chi connectivity index (χ1v) is 6.77. The largest absolute Gasteiger partial charge is 0.445 e. The van der Waals surface area contributed by atoms with Crippen LogP contribution in [0.2, 0.25) is 0 Å². The monoisotopic (exact) mass is 263 g/mol. The third-order valence-electron chi connectivity index (χ3n) is 4.23. The van der Waals surface area contributed by atoms with E-state index in [-0.39, 0.29) is 12.0 Å². The van der Waals surface area contributed by atoms with Gasteiger partial charge >= 0.3 is 6.09 Å². The van der Waals surface area contributed by atoms with Crippen molar-refractivity contribution in [2.75, 3.05) is 6.54 Å². The molecule has 2 saturated carbocycles. The lowest BCUT2D eigenvalue weighted by Crippen LogP contribution is -2.38. The molecule has 2 fully saturated rings. The van der Waals surface area contributed by atoms with Crippen LogP contribution in [-0.4, -0.2) is 18.8 Å². The van der Waals surface area contributed by atoms with Gasteiger partial charge < -0.3 is 10.1 Å². The van der Waals surface area contributed by atoms with E-state index in [4.69, 9.17) is 4.74 Å². The van der Waals surface area contributed by atoms with E-state index < -0.39 is 12.3 Å². The number of nitrogens with one attached hydrogen (secondary N) is 1. The van der Waals surface area contributed by atoms with Crippen molar-refractivity contribution in [3.63, 3.8) is 0 Å². The lowest BCUT2D eigenvalue weighted by Gasteiger charge is -2.35. The van der Waals surface area contributed by atoms with E-state index in [9.17, 15) is 9.18 Å². The van der Waals surface area contributed by atoms with E-state index >= 15 is 0 Å². The van der Waals surface area contributed by atoms with Crippen LogP contribution in [0.3, 0.4) is 0 Å². The van der Waals surface area contributed by atoms with Crippen LogP contribution >= 0.6 is 0 Å². The molecule has 0 aliphatic heterocycles. The summed E-state index contributed by atoms with van der Waals surface area (Å²) in [6, 6.07) is 9.57. The summed E-state index contributed by atoms with van der Waals surface area (Å²) in [5.74, 6) is 0.421. The van der Waals surface area contributed by atoms with E-state index in [0.717, 1.165) is 24.8 Å². The summed E-state index contributed by atoms with van der Waals surface area (Å²) in [7, 11) is 0. The van der Waals surface area contributed by atoms with Crippen molar-refractivity contribution in [1.82, 2.24) is 5.32 Å². The highest BCUT2D eigenvalue weighted by Crippen LogP contribution is 2.64. The molecule has 0 saturated heterocycles. The third kappa shape index (κ3) is 2.72. The van der Waals surface area contributed by atoms with Gasteiger partial charge in [0.25, 0.3) is 0 Å². The van der Waals surface area contributed by atoms with E-state index in [1.165, 1.54) is 0 Å². The zero-order chi connectivity index (χ0) is 13.3. The second-order valence-corrected chi connectivity index (χ2v) is 5.75. The standard InChI is InChI=1S/C15H18FNO2/c16-13-8-15(13)6-12(7-15)9-17-14(18)19-10-11-4-2-1-3-5-11/h1-5,12-13H,6-10H2,(H,17,18). The molecule has 2 aliphatic carbocycles. The Bertz CT molecular complexity index is 456. The summed E-state index contributed by atoms with van der Waals surface area (Å²) in [4.78, 5) is 11.5. The Morgan fingerprint density at radius 1 is 1.32 bits per heavy atom. The number of hydrogen-bond donors (Lipinski definition) is 1. The first-order chi connectivity index (χ1) is 9.18. The molecule has 4 heteroatoms. The predicted molar refractivity (Wildman–Crippen MR) is 69.3 cm³/mol. The smallest absolute Gasteiger partial charge is 0.407 e. The van der Waals surface area contributed by atoms with Crippen LogP contribution in [0, 0.1) is 11.3 Å². The Balaban J connectivity index is 1.32. The van der Waals surface area contributed by atoms with Crippen LogP contribution in [-0.2, 0) is 11.3 Å². The van der Waals surface area contributed by atoms with Crippen LogP contribution in [0.25, 0.3) is 0 Å². The lowest BCUT2D eigenvalue weighted by atomic mass is 9.71. The Labute approximate surface area is 112 Å². The number of halogens is 1. The summed E-state index contributed by atoms with van der Waals surface area (Å²) in [5.41, 5.74) is 0.971. The fourth-order valence-corrected chi connectivity index (χ4v) is 2.96. The fraction of sp³-hybridized carbons (Fsp3) is 0.533. The number of hydrogen-bond acceptors (Lipinski definition) is 2. The Morgan fingerprint density at radius 3 is 2.63 bits per heavy atom. The molecule has 0 aromatic heterocycles. The second kappa shape index (κ2) is 4.83. The Kier molecular flexibility index (Phi) is 3.17. The van der Waals surface area contributed by atoms with Crippen molar-refractivity contribution < 1.29 is 13.9 Å². The molecule has 1 N–H and O–H groups in total. The van der Waals surface area contributed by atoms with Gasteiger partial charge in [-0.15, -0.1) is 0 Å². The highest BCUT2D eigenvalue weighted by Gasteiger charge is 2.62. The molecule has 1 amide bonds. The molecule has 3 nitrogen and oxygen atoms in total. The van der Waals surface area contributed by atoms with E-state index in [1.807, 2.05) is 30.3 Å². The van der Waals surface area contributed by atoms with Gasteiger partial charge in [-0.3, -0.25) is 0 Å². The molecule has 102 valence electrons. The lowest BCUT2D eigenvalue weighted by molar-refractivity contribution is 0.114. The fourth-order valence-electron chi connectivity index (χ4n) is 2.96. The summed E-state index contributed by atoms with van der Waals surface area (Å²) >= 11 is 0. The highest BCUT2D eigenvalue weighted by atomic mass is 19.1. The predicted octanol–water partition coefficient (Wildman–Crippen LogP) is 3.05. The van der Waals surface area contributed by atoms with E-state index in [1.54, 1.807) is 0 Å². The van der Waals surface area contributed by atoms with Gasteiger partial charge in [-0.05, 0) is 30.7 Å². The van der Waals surface area contributed by atoms with Gasteiger partial charge in [-0.1, -0.05) is 30.3 Å². The SMILES string of the molecule is O=C(NCC1CC2(C1)CC2F)OCc1ccccc1. The summed E-state index contributed by atoms with van der Waals surface area (Å²) < 4.78 is 18.1. The summed E-state index contributed by atoms with van der Waals surface area (Å²) in [6.45, 7) is 0.885. The van der Waals surface area contributed by atoms with E-state index in [0.29, 0.717) is 12.5 Å². The van der Waals surface area contributed by atoms with Crippen LogP contribution in [0.1, 0.15) is 24.8 Å². The first kappa shape index (κ1) is 12.5. The van der Waals surface area contributed by atoms with E-state index in [2.05, 4.69) is 5.32 Å². The van der Waals surface area contributed by atoms with Crippen molar-refractivity contribution in [2.45, 2.75) is 32.0 Å². The minimum atomic E-state index is -0.589. The minimum Gasteiger partial charge on any atom is -0.445 e. The van der Waals surface area contributed by atoms with Crippen molar-refractivity contribution in [1.29, 1.82) is 0 Å². The molecule has 19 heavy (non-hydrogen) atoms. The molecule has 1 spiro atoms. The number of ether oxygens (including phenoxy) is 1. The average molecular weight is 263 g/mol. The van der Waals surface area contributed by atoms with Crippen molar-refractivity contribution in [3.05, 3.63) is 35.9 Å². The molecule has 1 aromatic carbocycles. The van der Waals surface area contributed by atoms with Crippen molar-refractivity contribution in [2.24, 2.45) is 11.3 Å². The van der Waals surface area contributed by atoms with Gasteiger partial charge in [0.2, 0.25) is 0 Å². The Morgan fingerprint density at radius 2 is 2.00 bits per heavy atom. The van der Waals surface area contributed by atoms with Crippen LogP contribution in [0.5, 0.6) is 0 Å². The molecule has 1 atom stereocenters.